The number of rotatable bonds is 7. The van der Waals surface area contributed by atoms with Crippen LogP contribution in [0.15, 0.2) is 18.2 Å². The molecule has 4 amide bonds. The van der Waals surface area contributed by atoms with Crippen LogP contribution in [0.3, 0.4) is 0 Å². The molecule has 4 rings (SSSR count). The molecule has 1 atom stereocenters. The van der Waals surface area contributed by atoms with E-state index in [0.29, 0.717) is 31.7 Å². The van der Waals surface area contributed by atoms with Gasteiger partial charge in [-0.05, 0) is 31.4 Å². The van der Waals surface area contributed by atoms with Gasteiger partial charge in [-0.25, -0.2) is 0 Å². The van der Waals surface area contributed by atoms with Gasteiger partial charge in [-0.1, -0.05) is 6.07 Å². The second-order valence-corrected chi connectivity index (χ2v) is 7.60. The number of hydrogen-bond acceptors (Lipinski definition) is 7. The van der Waals surface area contributed by atoms with Gasteiger partial charge in [0.2, 0.25) is 11.8 Å². The number of hydrogen-bond donors (Lipinski definition) is 3. The van der Waals surface area contributed by atoms with Crippen molar-refractivity contribution in [2.75, 3.05) is 18.5 Å². The lowest BCUT2D eigenvalue weighted by Crippen LogP contribution is -2.54. The monoisotopic (exact) mass is 415 g/mol. The Morgan fingerprint density at radius 3 is 2.67 bits per heavy atom. The fourth-order valence-corrected chi connectivity index (χ4v) is 3.98. The van der Waals surface area contributed by atoms with Crippen LogP contribution < -0.4 is 10.6 Å². The van der Waals surface area contributed by atoms with Gasteiger partial charge in [-0.15, -0.1) is 0 Å². The van der Waals surface area contributed by atoms with Crippen molar-refractivity contribution in [2.45, 2.75) is 37.8 Å². The van der Waals surface area contributed by atoms with E-state index in [-0.39, 0.29) is 36.0 Å². The highest BCUT2D eigenvalue weighted by atomic mass is 16.5. The molecule has 30 heavy (non-hydrogen) atoms. The van der Waals surface area contributed by atoms with Crippen molar-refractivity contribution in [2.24, 2.45) is 5.92 Å². The number of carbonyl (C=O) groups is 5. The van der Waals surface area contributed by atoms with Crippen LogP contribution in [0.4, 0.5) is 5.69 Å². The van der Waals surface area contributed by atoms with E-state index < -0.39 is 35.6 Å². The summed E-state index contributed by atoms with van der Waals surface area (Å²) in [4.78, 5) is 61.0. The molecule has 1 aromatic rings. The summed E-state index contributed by atoms with van der Waals surface area (Å²) in [6, 6.07) is 3.84. The number of ether oxygens (including phenoxy) is 1. The number of nitrogens with one attached hydrogen (secondary N) is 2. The van der Waals surface area contributed by atoms with Gasteiger partial charge in [0.1, 0.15) is 6.04 Å². The Balaban J connectivity index is 1.39. The maximum atomic E-state index is 13.0. The first-order chi connectivity index (χ1) is 14.4. The van der Waals surface area contributed by atoms with Gasteiger partial charge in [0.05, 0.1) is 29.8 Å². The van der Waals surface area contributed by atoms with Gasteiger partial charge in [-0.3, -0.25) is 34.2 Å². The topological polar surface area (TPSA) is 142 Å². The van der Waals surface area contributed by atoms with Crippen LogP contribution in [0, 0.1) is 5.92 Å². The van der Waals surface area contributed by atoms with Crippen LogP contribution in [0.2, 0.25) is 0 Å². The molecule has 0 aromatic heterocycles. The third-order valence-corrected chi connectivity index (χ3v) is 5.68. The van der Waals surface area contributed by atoms with E-state index in [9.17, 15) is 24.0 Å². The second kappa shape index (κ2) is 7.86. The van der Waals surface area contributed by atoms with Crippen molar-refractivity contribution in [1.29, 1.82) is 0 Å². The lowest BCUT2D eigenvalue weighted by Gasteiger charge is -2.32. The molecule has 1 aliphatic carbocycles. The highest BCUT2D eigenvalue weighted by molar-refractivity contribution is 6.25. The van der Waals surface area contributed by atoms with Crippen molar-refractivity contribution in [3.8, 4) is 0 Å². The van der Waals surface area contributed by atoms with E-state index in [0.717, 1.165) is 4.90 Å². The van der Waals surface area contributed by atoms with Crippen molar-refractivity contribution >= 4 is 35.3 Å². The zero-order chi connectivity index (χ0) is 21.4. The highest BCUT2D eigenvalue weighted by Gasteiger charge is 2.45. The van der Waals surface area contributed by atoms with Crippen LogP contribution in [0.1, 0.15) is 46.4 Å². The Hall–Kier alpha value is -3.27. The fraction of sp³-hybridized carbons (Fsp3) is 0.450. The maximum Gasteiger partial charge on any atom is 0.306 e. The van der Waals surface area contributed by atoms with E-state index in [2.05, 4.69) is 10.6 Å². The van der Waals surface area contributed by atoms with E-state index in [4.69, 9.17) is 9.84 Å². The lowest BCUT2D eigenvalue weighted by atomic mass is 9.82. The van der Waals surface area contributed by atoms with Crippen molar-refractivity contribution in [3.63, 3.8) is 0 Å². The summed E-state index contributed by atoms with van der Waals surface area (Å²) in [5.41, 5.74) is 0.863. The first-order valence-electron chi connectivity index (χ1n) is 9.79. The minimum absolute atomic E-state index is 0.0656. The summed E-state index contributed by atoms with van der Waals surface area (Å²) in [5, 5.41) is 14.1. The zero-order valence-corrected chi connectivity index (χ0v) is 16.1. The number of amides is 4. The molecule has 0 radical (unpaired) electrons. The van der Waals surface area contributed by atoms with Gasteiger partial charge in [-0.2, -0.15) is 0 Å². The molecule has 158 valence electrons. The largest absolute Gasteiger partial charge is 0.481 e. The number of piperidine rings is 1. The molecule has 10 heteroatoms. The maximum absolute atomic E-state index is 13.0. The summed E-state index contributed by atoms with van der Waals surface area (Å²) in [5.74, 6) is -3.35. The quantitative estimate of drug-likeness (QED) is 0.429. The molecule has 2 heterocycles. The number of carboxylic acids is 1. The minimum atomic E-state index is -1.01. The molecule has 1 unspecified atom stereocenters. The number of imide groups is 2. The molecule has 1 aromatic carbocycles. The van der Waals surface area contributed by atoms with Gasteiger partial charge >= 0.3 is 5.97 Å². The van der Waals surface area contributed by atoms with Gasteiger partial charge < -0.3 is 15.2 Å². The Morgan fingerprint density at radius 1 is 1.20 bits per heavy atom. The molecule has 3 N–H and O–H groups in total. The smallest absolute Gasteiger partial charge is 0.306 e. The standard InChI is InChI=1S/C20H21N3O7/c24-15-5-4-14(17(25)22-15)23-18(26)12-2-1-3-13(16(12)19(23)27)21-6-7-30-11-8-10(9-11)20(28)29/h1-3,10-11,14,21H,4-9H2,(H,28,29)(H,22,24,25). The first kappa shape index (κ1) is 20.0. The third kappa shape index (κ3) is 3.54. The molecule has 2 aliphatic heterocycles. The Morgan fingerprint density at radius 2 is 1.97 bits per heavy atom. The summed E-state index contributed by atoms with van der Waals surface area (Å²) < 4.78 is 5.61. The second-order valence-electron chi connectivity index (χ2n) is 7.60. The average molecular weight is 415 g/mol. The molecule has 0 bridgehead atoms. The first-order valence-corrected chi connectivity index (χ1v) is 9.79. The molecular formula is C20H21N3O7. The van der Waals surface area contributed by atoms with Gasteiger partial charge in [0.15, 0.2) is 0 Å². The molecular weight excluding hydrogens is 394 g/mol. The van der Waals surface area contributed by atoms with Gasteiger partial charge in [0, 0.05) is 18.7 Å². The van der Waals surface area contributed by atoms with Crippen molar-refractivity contribution < 1.29 is 33.8 Å². The Bertz CT molecular complexity index is 938. The van der Waals surface area contributed by atoms with Crippen LogP contribution in [0.5, 0.6) is 0 Å². The Kier molecular flexibility index (Phi) is 5.25. The highest BCUT2D eigenvalue weighted by Crippen LogP contribution is 2.33. The summed E-state index contributed by atoms with van der Waals surface area (Å²) >= 11 is 0. The summed E-state index contributed by atoms with van der Waals surface area (Å²) in [7, 11) is 0. The number of carboxylic acid groups (broad SMARTS) is 1. The number of aliphatic carboxylic acids is 1. The van der Waals surface area contributed by atoms with E-state index in [1.54, 1.807) is 12.1 Å². The Labute approximate surface area is 171 Å². The number of fused-ring (bicyclic) bond motifs is 1. The number of carbonyl (C=O) groups excluding carboxylic acids is 4. The minimum Gasteiger partial charge on any atom is -0.481 e. The predicted octanol–water partition coefficient (Wildman–Crippen LogP) is 0.380. The number of benzene rings is 1. The lowest BCUT2D eigenvalue weighted by molar-refractivity contribution is -0.151. The summed E-state index contributed by atoms with van der Waals surface area (Å²) in [6.07, 6.45) is 1.07. The van der Waals surface area contributed by atoms with Crippen molar-refractivity contribution in [3.05, 3.63) is 29.3 Å². The SMILES string of the molecule is O=C1CCC(N2C(=O)c3cccc(NCCOC4CC(C(=O)O)C4)c3C2=O)C(=O)N1. The molecule has 3 aliphatic rings. The zero-order valence-electron chi connectivity index (χ0n) is 16.1. The average Bonchev–Trinajstić information content (AvgIpc) is 2.91. The van der Waals surface area contributed by atoms with Gasteiger partial charge in [0.25, 0.3) is 11.8 Å². The molecule has 2 fully saturated rings. The van der Waals surface area contributed by atoms with Crippen LogP contribution >= 0.6 is 0 Å². The third-order valence-electron chi connectivity index (χ3n) is 5.68. The van der Waals surface area contributed by atoms with Crippen LogP contribution in [-0.2, 0) is 19.1 Å². The number of anilines is 1. The predicted molar refractivity (Wildman–Crippen MR) is 102 cm³/mol. The number of nitrogens with zero attached hydrogens (tertiary/aromatic N) is 1. The summed E-state index contributed by atoms with van der Waals surface area (Å²) in [6.45, 7) is 0.685. The normalized spacial score (nSPS) is 25.6. The molecule has 1 saturated heterocycles. The molecule has 1 saturated carbocycles. The fourth-order valence-electron chi connectivity index (χ4n) is 3.98. The van der Waals surface area contributed by atoms with E-state index in [1.807, 2.05) is 0 Å². The molecule has 10 nitrogen and oxygen atoms in total. The van der Waals surface area contributed by atoms with Crippen molar-refractivity contribution in [1.82, 2.24) is 10.2 Å². The van der Waals surface area contributed by atoms with E-state index in [1.165, 1.54) is 6.07 Å². The van der Waals surface area contributed by atoms with E-state index >= 15 is 0 Å². The molecule has 0 spiro atoms. The van der Waals surface area contributed by atoms with Crippen LogP contribution in [-0.4, -0.2) is 64.9 Å². The van der Waals surface area contributed by atoms with Crippen LogP contribution in [0.25, 0.3) is 0 Å².